The van der Waals surface area contributed by atoms with Crippen LogP contribution in [0, 0.1) is 0 Å². The van der Waals surface area contributed by atoms with E-state index in [9.17, 15) is 13.2 Å². The van der Waals surface area contributed by atoms with Crippen molar-refractivity contribution in [3.8, 4) is 0 Å². The standard InChI is InChI=1S/C10H16N4O4S2/c1-6(15)11-8-12-13-9(19-8)20(16,17)14-7(2)18-5-10(14,3)4/h7H,5H2,1-4H3,(H,11,12,15). The maximum atomic E-state index is 12.6. The second-order valence-corrected chi connectivity index (χ2v) is 8.04. The van der Waals surface area contributed by atoms with Crippen LogP contribution in [0.2, 0.25) is 0 Å². The summed E-state index contributed by atoms with van der Waals surface area (Å²) in [4.78, 5) is 10.9. The van der Waals surface area contributed by atoms with E-state index in [4.69, 9.17) is 4.74 Å². The third kappa shape index (κ3) is 2.68. The average Bonchev–Trinajstić information content (AvgIpc) is 2.83. The molecule has 1 N–H and O–H groups in total. The zero-order valence-electron chi connectivity index (χ0n) is 11.6. The number of nitrogens with zero attached hydrogens (tertiary/aromatic N) is 3. The lowest BCUT2D eigenvalue weighted by molar-refractivity contribution is -0.114. The first kappa shape index (κ1) is 15.3. The fourth-order valence-corrected chi connectivity index (χ4v) is 4.96. The van der Waals surface area contributed by atoms with E-state index in [1.54, 1.807) is 20.8 Å². The summed E-state index contributed by atoms with van der Waals surface area (Å²) in [6.07, 6.45) is -0.567. The Balaban J connectivity index is 2.35. The number of sulfonamides is 1. The van der Waals surface area contributed by atoms with Crippen molar-refractivity contribution in [1.82, 2.24) is 14.5 Å². The quantitative estimate of drug-likeness (QED) is 0.820. The third-order valence-corrected chi connectivity index (χ3v) is 6.12. The van der Waals surface area contributed by atoms with E-state index in [1.807, 2.05) is 0 Å². The molecule has 1 aromatic heterocycles. The first-order valence-corrected chi connectivity index (χ1v) is 8.17. The highest BCUT2D eigenvalue weighted by Crippen LogP contribution is 2.34. The van der Waals surface area contributed by atoms with Gasteiger partial charge in [0.05, 0.1) is 12.1 Å². The molecule has 1 aliphatic rings. The van der Waals surface area contributed by atoms with E-state index in [2.05, 4.69) is 15.5 Å². The van der Waals surface area contributed by atoms with Gasteiger partial charge < -0.3 is 10.1 Å². The summed E-state index contributed by atoms with van der Waals surface area (Å²) in [7, 11) is -3.81. The fourth-order valence-electron chi connectivity index (χ4n) is 2.07. The Morgan fingerprint density at radius 1 is 1.50 bits per heavy atom. The number of amides is 1. The minimum Gasteiger partial charge on any atom is -0.360 e. The van der Waals surface area contributed by atoms with Crippen molar-refractivity contribution >= 4 is 32.4 Å². The molecule has 0 saturated carbocycles. The van der Waals surface area contributed by atoms with Crippen LogP contribution in [-0.4, -0.2) is 47.2 Å². The van der Waals surface area contributed by atoms with Gasteiger partial charge in [0.1, 0.15) is 6.23 Å². The highest BCUT2D eigenvalue weighted by Gasteiger charge is 2.47. The molecular weight excluding hydrogens is 304 g/mol. The largest absolute Gasteiger partial charge is 0.360 e. The maximum absolute atomic E-state index is 12.6. The van der Waals surface area contributed by atoms with Crippen LogP contribution in [0.4, 0.5) is 5.13 Å². The van der Waals surface area contributed by atoms with Gasteiger partial charge >= 0.3 is 0 Å². The lowest BCUT2D eigenvalue weighted by atomic mass is 10.1. The molecule has 0 aliphatic carbocycles. The van der Waals surface area contributed by atoms with E-state index >= 15 is 0 Å². The van der Waals surface area contributed by atoms with E-state index in [0.29, 0.717) is 6.61 Å². The first-order chi connectivity index (χ1) is 9.14. The van der Waals surface area contributed by atoms with Crippen molar-refractivity contribution in [3.63, 3.8) is 0 Å². The van der Waals surface area contributed by atoms with Crippen LogP contribution in [0.15, 0.2) is 4.34 Å². The molecule has 2 rings (SSSR count). The van der Waals surface area contributed by atoms with E-state index in [1.165, 1.54) is 11.2 Å². The van der Waals surface area contributed by atoms with Crippen LogP contribution >= 0.6 is 11.3 Å². The number of carbonyl (C=O) groups excluding carboxylic acids is 1. The number of anilines is 1. The van der Waals surface area contributed by atoms with Gasteiger partial charge in [-0.05, 0) is 20.8 Å². The van der Waals surface area contributed by atoms with Gasteiger partial charge in [-0.3, -0.25) is 4.79 Å². The monoisotopic (exact) mass is 320 g/mol. The highest BCUT2D eigenvalue weighted by molar-refractivity contribution is 7.91. The van der Waals surface area contributed by atoms with Crippen LogP contribution in [-0.2, 0) is 19.6 Å². The van der Waals surface area contributed by atoms with E-state index in [-0.39, 0.29) is 15.4 Å². The Labute approximate surface area is 121 Å². The Morgan fingerprint density at radius 2 is 2.15 bits per heavy atom. The number of carbonyl (C=O) groups is 1. The molecule has 10 heteroatoms. The van der Waals surface area contributed by atoms with Gasteiger partial charge in [0.15, 0.2) is 0 Å². The summed E-state index contributed by atoms with van der Waals surface area (Å²) in [6.45, 7) is 6.86. The van der Waals surface area contributed by atoms with Gasteiger partial charge in [-0.15, -0.1) is 10.2 Å². The molecule has 1 atom stereocenters. The Hall–Kier alpha value is -1.10. The molecule has 0 bridgehead atoms. The minimum absolute atomic E-state index is 0.154. The Bertz CT molecular complexity index is 625. The number of hydrogen-bond donors (Lipinski definition) is 1. The predicted octanol–water partition coefficient (Wildman–Crippen LogP) is 0.642. The molecule has 1 aromatic rings. The summed E-state index contributed by atoms with van der Waals surface area (Å²) < 4.78 is 31.7. The molecular formula is C10H16N4O4S2. The second kappa shape index (κ2) is 5.02. The molecule has 0 spiro atoms. The molecule has 0 radical (unpaired) electrons. The number of ether oxygens (including phenoxy) is 1. The Morgan fingerprint density at radius 3 is 2.65 bits per heavy atom. The van der Waals surface area contributed by atoms with Crippen molar-refractivity contribution in [3.05, 3.63) is 0 Å². The van der Waals surface area contributed by atoms with E-state index in [0.717, 1.165) is 11.3 Å². The van der Waals surface area contributed by atoms with Gasteiger partial charge in [0.25, 0.3) is 10.0 Å². The number of rotatable bonds is 3. The van der Waals surface area contributed by atoms with Crippen LogP contribution in [0.3, 0.4) is 0 Å². The van der Waals surface area contributed by atoms with Crippen molar-refractivity contribution in [2.24, 2.45) is 0 Å². The van der Waals surface area contributed by atoms with Gasteiger partial charge in [-0.2, -0.15) is 4.31 Å². The smallest absolute Gasteiger partial charge is 0.275 e. The minimum atomic E-state index is -3.81. The van der Waals surface area contributed by atoms with Crippen molar-refractivity contribution < 1.29 is 17.9 Å². The SMILES string of the molecule is CC(=O)Nc1nnc(S(=O)(=O)N2C(C)OCC2(C)C)s1. The molecule has 1 saturated heterocycles. The molecule has 2 heterocycles. The van der Waals surface area contributed by atoms with Crippen LogP contribution < -0.4 is 5.32 Å². The van der Waals surface area contributed by atoms with Crippen LogP contribution in [0.1, 0.15) is 27.7 Å². The first-order valence-electron chi connectivity index (χ1n) is 5.92. The number of nitrogens with one attached hydrogen (secondary N) is 1. The van der Waals surface area contributed by atoms with Crippen molar-refractivity contribution in [1.29, 1.82) is 0 Å². The van der Waals surface area contributed by atoms with E-state index < -0.39 is 21.8 Å². The summed E-state index contributed by atoms with van der Waals surface area (Å²) in [6, 6.07) is 0. The zero-order chi connectivity index (χ0) is 15.1. The molecule has 8 nitrogen and oxygen atoms in total. The molecule has 1 aliphatic heterocycles. The average molecular weight is 320 g/mol. The van der Waals surface area contributed by atoms with Crippen molar-refractivity contribution in [2.45, 2.75) is 43.8 Å². The molecule has 1 fully saturated rings. The lowest BCUT2D eigenvalue weighted by Crippen LogP contribution is -2.47. The molecule has 1 unspecified atom stereocenters. The highest BCUT2D eigenvalue weighted by atomic mass is 32.2. The third-order valence-electron chi connectivity index (χ3n) is 2.77. The maximum Gasteiger partial charge on any atom is 0.275 e. The van der Waals surface area contributed by atoms with Crippen molar-refractivity contribution in [2.75, 3.05) is 11.9 Å². The Kier molecular flexibility index (Phi) is 3.84. The second-order valence-electron chi connectivity index (χ2n) is 5.08. The lowest BCUT2D eigenvalue weighted by Gasteiger charge is -2.29. The summed E-state index contributed by atoms with van der Waals surface area (Å²) in [5.74, 6) is -0.330. The van der Waals surface area contributed by atoms with Gasteiger partial charge in [-0.1, -0.05) is 11.3 Å². The predicted molar refractivity (Wildman–Crippen MR) is 72.7 cm³/mol. The summed E-state index contributed by atoms with van der Waals surface area (Å²) in [5, 5.41) is 9.88. The fraction of sp³-hybridized carbons (Fsp3) is 0.700. The molecule has 1 amide bonds. The number of hydrogen-bond acceptors (Lipinski definition) is 7. The van der Waals surface area contributed by atoms with Crippen LogP contribution in [0.5, 0.6) is 0 Å². The topological polar surface area (TPSA) is 101 Å². The van der Waals surface area contributed by atoms with Gasteiger partial charge in [0, 0.05) is 6.92 Å². The van der Waals surface area contributed by atoms with Gasteiger partial charge in [-0.25, -0.2) is 8.42 Å². The van der Waals surface area contributed by atoms with Crippen LogP contribution in [0.25, 0.3) is 0 Å². The normalized spacial score (nSPS) is 22.9. The summed E-state index contributed by atoms with van der Waals surface area (Å²) >= 11 is 0.818. The zero-order valence-corrected chi connectivity index (χ0v) is 13.2. The molecule has 20 heavy (non-hydrogen) atoms. The number of aromatic nitrogens is 2. The van der Waals surface area contributed by atoms with Gasteiger partial charge in [0.2, 0.25) is 15.4 Å². The molecule has 0 aromatic carbocycles. The molecule has 112 valence electrons. The summed E-state index contributed by atoms with van der Waals surface area (Å²) in [5.41, 5.74) is -0.655.